The lowest BCUT2D eigenvalue weighted by Crippen LogP contribution is -2.32. The van der Waals surface area contributed by atoms with Crippen LogP contribution in [0.1, 0.15) is 25.3 Å². The lowest BCUT2D eigenvalue weighted by Gasteiger charge is -2.29. The number of benzene rings is 1. The summed E-state index contributed by atoms with van der Waals surface area (Å²) in [4.78, 5) is 2.54. The van der Waals surface area contributed by atoms with Gasteiger partial charge in [-0.25, -0.2) is 0 Å². The minimum atomic E-state index is 0.923. The van der Waals surface area contributed by atoms with Crippen LogP contribution < -0.4 is 0 Å². The first kappa shape index (κ1) is 13.1. The molecule has 0 radical (unpaired) electrons. The Bertz CT molecular complexity index is 361. The van der Waals surface area contributed by atoms with E-state index in [1.807, 2.05) is 0 Å². The van der Waals surface area contributed by atoms with Crippen molar-refractivity contribution in [2.24, 2.45) is 5.92 Å². The van der Waals surface area contributed by atoms with Crippen molar-refractivity contribution in [3.05, 3.63) is 39.5 Å². The highest BCUT2D eigenvalue weighted by Crippen LogP contribution is 2.15. The monoisotopic (exact) mass is 341 g/mol. The van der Waals surface area contributed by atoms with Gasteiger partial charge in [0.1, 0.15) is 0 Å². The van der Waals surface area contributed by atoms with Crippen LogP contribution in [-0.2, 0) is 0 Å². The van der Waals surface area contributed by atoms with E-state index in [4.69, 9.17) is 0 Å². The van der Waals surface area contributed by atoms with Crippen LogP contribution in [0.15, 0.2) is 30.3 Å². The van der Waals surface area contributed by atoms with Gasteiger partial charge in [0.25, 0.3) is 0 Å². The van der Waals surface area contributed by atoms with Crippen LogP contribution in [0.5, 0.6) is 0 Å². The summed E-state index contributed by atoms with van der Waals surface area (Å²) in [6.07, 6.45) is 7.24. The van der Waals surface area contributed by atoms with Crippen LogP contribution in [-0.4, -0.2) is 24.5 Å². The molecule has 0 spiro atoms. The van der Waals surface area contributed by atoms with Crippen molar-refractivity contribution in [2.75, 3.05) is 19.6 Å². The molecule has 2 rings (SSSR count). The second kappa shape index (κ2) is 6.55. The largest absolute Gasteiger partial charge is 0.300 e. The predicted octanol–water partition coefficient (Wildman–Crippen LogP) is 4.04. The first-order valence-electron chi connectivity index (χ1n) is 6.38. The van der Waals surface area contributed by atoms with Gasteiger partial charge in [0.05, 0.1) is 0 Å². The molecule has 1 saturated heterocycles. The third kappa shape index (κ3) is 4.43. The third-order valence-corrected chi connectivity index (χ3v) is 4.14. The minimum absolute atomic E-state index is 0.923. The van der Waals surface area contributed by atoms with Crippen molar-refractivity contribution in [3.8, 4) is 0 Å². The maximum Gasteiger partial charge on any atom is 0.0166 e. The zero-order valence-corrected chi connectivity index (χ0v) is 12.6. The zero-order chi connectivity index (χ0) is 12.1. The van der Waals surface area contributed by atoms with Gasteiger partial charge in [-0.2, -0.15) is 0 Å². The van der Waals surface area contributed by atoms with E-state index in [9.17, 15) is 0 Å². The SMILES string of the molecule is CC1CCN(C/C=C/c2ccc(I)cc2)CC1. The highest BCUT2D eigenvalue weighted by atomic mass is 127. The molecule has 92 valence electrons. The number of likely N-dealkylation sites (tertiary alicyclic amines) is 1. The van der Waals surface area contributed by atoms with Crippen LogP contribution in [0, 0.1) is 9.49 Å². The van der Waals surface area contributed by atoms with E-state index in [1.54, 1.807) is 0 Å². The lowest BCUT2D eigenvalue weighted by atomic mass is 9.99. The number of rotatable bonds is 3. The van der Waals surface area contributed by atoms with E-state index < -0.39 is 0 Å². The van der Waals surface area contributed by atoms with E-state index in [-0.39, 0.29) is 0 Å². The van der Waals surface area contributed by atoms with Crippen LogP contribution in [0.3, 0.4) is 0 Å². The molecule has 0 unspecified atom stereocenters. The van der Waals surface area contributed by atoms with Crippen molar-refractivity contribution in [1.29, 1.82) is 0 Å². The fraction of sp³-hybridized carbons (Fsp3) is 0.467. The molecule has 1 nitrogen and oxygen atoms in total. The lowest BCUT2D eigenvalue weighted by molar-refractivity contribution is 0.210. The van der Waals surface area contributed by atoms with Crippen molar-refractivity contribution in [3.63, 3.8) is 0 Å². The second-order valence-corrected chi connectivity index (χ2v) is 6.18. The Labute approximate surface area is 118 Å². The van der Waals surface area contributed by atoms with Gasteiger partial charge < -0.3 is 0 Å². The summed E-state index contributed by atoms with van der Waals surface area (Å²) in [7, 11) is 0. The zero-order valence-electron chi connectivity index (χ0n) is 10.4. The Morgan fingerprint density at radius 3 is 2.53 bits per heavy atom. The summed E-state index contributed by atoms with van der Waals surface area (Å²) in [5.74, 6) is 0.923. The number of nitrogens with zero attached hydrogens (tertiary/aromatic N) is 1. The Kier molecular flexibility index (Phi) is 5.04. The van der Waals surface area contributed by atoms with E-state index in [1.165, 1.54) is 35.1 Å². The van der Waals surface area contributed by atoms with Crippen molar-refractivity contribution in [2.45, 2.75) is 19.8 Å². The first-order valence-corrected chi connectivity index (χ1v) is 7.46. The Morgan fingerprint density at radius 2 is 1.88 bits per heavy atom. The molecule has 1 aliphatic heterocycles. The van der Waals surface area contributed by atoms with Crippen molar-refractivity contribution in [1.82, 2.24) is 4.90 Å². The molecule has 0 bridgehead atoms. The van der Waals surface area contributed by atoms with Gasteiger partial charge >= 0.3 is 0 Å². The summed E-state index contributed by atoms with van der Waals surface area (Å²) in [5.41, 5.74) is 1.30. The molecule has 0 saturated carbocycles. The maximum atomic E-state index is 2.54. The summed E-state index contributed by atoms with van der Waals surface area (Å²) in [6.45, 7) is 5.98. The first-order chi connectivity index (χ1) is 8.24. The van der Waals surface area contributed by atoms with Crippen LogP contribution in [0.25, 0.3) is 6.08 Å². The van der Waals surface area contributed by atoms with Crippen LogP contribution >= 0.6 is 22.6 Å². The molecule has 0 amide bonds. The maximum absolute atomic E-state index is 2.54. The van der Waals surface area contributed by atoms with Gasteiger partial charge in [0, 0.05) is 10.1 Å². The minimum Gasteiger partial charge on any atom is -0.300 e. The molecule has 1 aliphatic rings. The van der Waals surface area contributed by atoms with Gasteiger partial charge in [0.15, 0.2) is 0 Å². The smallest absolute Gasteiger partial charge is 0.0166 e. The molecule has 1 aromatic rings. The topological polar surface area (TPSA) is 3.24 Å². The molecule has 2 heteroatoms. The van der Waals surface area contributed by atoms with E-state index in [0.717, 1.165) is 12.5 Å². The second-order valence-electron chi connectivity index (χ2n) is 4.94. The fourth-order valence-electron chi connectivity index (χ4n) is 2.16. The highest BCUT2D eigenvalue weighted by molar-refractivity contribution is 14.1. The summed E-state index contributed by atoms with van der Waals surface area (Å²) >= 11 is 2.34. The molecule has 1 fully saturated rings. The van der Waals surface area contributed by atoms with Gasteiger partial charge in [0.2, 0.25) is 0 Å². The third-order valence-electron chi connectivity index (χ3n) is 3.42. The quantitative estimate of drug-likeness (QED) is 0.750. The van der Waals surface area contributed by atoms with Gasteiger partial charge in [-0.1, -0.05) is 31.2 Å². The average Bonchev–Trinajstić information content (AvgIpc) is 2.34. The van der Waals surface area contributed by atoms with Crippen LogP contribution in [0.2, 0.25) is 0 Å². The van der Waals surface area contributed by atoms with Gasteiger partial charge in [-0.15, -0.1) is 0 Å². The molecule has 0 atom stereocenters. The summed E-state index contributed by atoms with van der Waals surface area (Å²) in [5, 5.41) is 0. The standard InChI is InChI=1S/C15H20IN/c1-13-8-11-17(12-9-13)10-2-3-14-4-6-15(16)7-5-14/h2-7,13H,8-12H2,1H3/b3-2+. The van der Waals surface area contributed by atoms with E-state index in [0.29, 0.717) is 0 Å². The van der Waals surface area contributed by atoms with Gasteiger partial charge in [-0.3, -0.25) is 4.90 Å². The predicted molar refractivity (Wildman–Crippen MR) is 83.0 cm³/mol. The van der Waals surface area contributed by atoms with E-state index >= 15 is 0 Å². The number of hydrogen-bond acceptors (Lipinski definition) is 1. The van der Waals surface area contributed by atoms with E-state index in [2.05, 4.69) is 70.8 Å². The molecule has 1 aromatic carbocycles. The van der Waals surface area contributed by atoms with Crippen molar-refractivity contribution >= 4 is 28.7 Å². The molecular weight excluding hydrogens is 321 g/mol. The molecule has 17 heavy (non-hydrogen) atoms. The molecule has 0 aliphatic carbocycles. The molecule has 1 heterocycles. The fourth-order valence-corrected chi connectivity index (χ4v) is 2.52. The summed E-state index contributed by atoms with van der Waals surface area (Å²) in [6, 6.07) is 8.67. The number of hydrogen-bond donors (Lipinski definition) is 0. The molecular formula is C15H20IN. The molecule has 0 N–H and O–H groups in total. The summed E-state index contributed by atoms with van der Waals surface area (Å²) < 4.78 is 1.30. The Morgan fingerprint density at radius 1 is 1.24 bits per heavy atom. The van der Waals surface area contributed by atoms with Gasteiger partial charge in [-0.05, 0) is 72.1 Å². The number of halogens is 1. The number of piperidine rings is 1. The average molecular weight is 341 g/mol. The molecule has 0 aromatic heterocycles. The Hall–Kier alpha value is -0.350. The van der Waals surface area contributed by atoms with Crippen molar-refractivity contribution < 1.29 is 0 Å². The van der Waals surface area contributed by atoms with Crippen LogP contribution in [0.4, 0.5) is 0 Å². The highest BCUT2D eigenvalue weighted by Gasteiger charge is 2.13. The Balaban J connectivity index is 1.79. The normalized spacial score (nSPS) is 18.9.